The Morgan fingerprint density at radius 2 is 1.82 bits per heavy atom. The van der Waals surface area contributed by atoms with Gasteiger partial charge in [0.05, 0.1) is 0 Å². The van der Waals surface area contributed by atoms with E-state index >= 15 is 0 Å². The Balaban J connectivity index is 2.07. The van der Waals surface area contributed by atoms with Crippen LogP contribution in [0.15, 0.2) is 46.9 Å². The number of rotatable bonds is 3. The van der Waals surface area contributed by atoms with Crippen molar-refractivity contribution in [3.05, 3.63) is 61.6 Å². The summed E-state index contributed by atoms with van der Waals surface area (Å²) in [6, 6.07) is 14.8. The summed E-state index contributed by atoms with van der Waals surface area (Å²) < 4.78 is 2.41. The SMILES string of the molecule is Cc1c(Br)cccc1NCc1ccc(I)cc1. The number of hydrogen-bond donors (Lipinski definition) is 1. The van der Waals surface area contributed by atoms with E-state index in [1.54, 1.807) is 0 Å². The Morgan fingerprint density at radius 3 is 2.53 bits per heavy atom. The van der Waals surface area contributed by atoms with Crippen molar-refractivity contribution in [2.24, 2.45) is 0 Å². The van der Waals surface area contributed by atoms with Crippen molar-refractivity contribution in [1.82, 2.24) is 0 Å². The molecule has 0 aliphatic heterocycles. The van der Waals surface area contributed by atoms with Crippen LogP contribution >= 0.6 is 38.5 Å². The number of nitrogens with one attached hydrogen (secondary N) is 1. The molecule has 0 heterocycles. The Bertz CT molecular complexity index is 508. The molecule has 0 bridgehead atoms. The smallest absolute Gasteiger partial charge is 0.0400 e. The van der Waals surface area contributed by atoms with Crippen LogP contribution in [0, 0.1) is 10.5 Å². The average Bonchev–Trinajstić information content (AvgIpc) is 2.33. The molecule has 0 saturated heterocycles. The van der Waals surface area contributed by atoms with Gasteiger partial charge >= 0.3 is 0 Å². The first-order valence-electron chi connectivity index (χ1n) is 5.40. The molecule has 0 aromatic heterocycles. The van der Waals surface area contributed by atoms with E-state index in [1.165, 1.54) is 20.4 Å². The molecule has 88 valence electrons. The third-order valence-electron chi connectivity index (χ3n) is 2.66. The van der Waals surface area contributed by atoms with Crippen molar-refractivity contribution >= 4 is 44.2 Å². The molecule has 2 aromatic carbocycles. The van der Waals surface area contributed by atoms with Crippen molar-refractivity contribution in [2.75, 3.05) is 5.32 Å². The van der Waals surface area contributed by atoms with Crippen LogP contribution < -0.4 is 5.32 Å². The van der Waals surface area contributed by atoms with Gasteiger partial charge in [-0.05, 0) is 64.9 Å². The lowest BCUT2D eigenvalue weighted by atomic mass is 10.2. The summed E-state index contributed by atoms with van der Waals surface area (Å²) in [5.41, 5.74) is 3.72. The maximum absolute atomic E-state index is 3.54. The number of anilines is 1. The molecule has 1 N–H and O–H groups in total. The summed E-state index contributed by atoms with van der Waals surface area (Å²) in [7, 11) is 0. The van der Waals surface area contributed by atoms with Crippen molar-refractivity contribution in [3.63, 3.8) is 0 Å². The standard InChI is InChI=1S/C14H13BrIN/c1-10-13(15)3-2-4-14(10)17-9-11-5-7-12(16)8-6-11/h2-8,17H,9H2,1H3. The molecule has 0 atom stereocenters. The maximum Gasteiger partial charge on any atom is 0.0400 e. The van der Waals surface area contributed by atoms with Gasteiger partial charge in [-0.25, -0.2) is 0 Å². The van der Waals surface area contributed by atoms with E-state index in [0.29, 0.717) is 0 Å². The minimum Gasteiger partial charge on any atom is -0.381 e. The summed E-state index contributed by atoms with van der Waals surface area (Å²) in [6.45, 7) is 2.97. The molecule has 0 radical (unpaired) electrons. The largest absolute Gasteiger partial charge is 0.381 e. The Labute approximate surface area is 124 Å². The van der Waals surface area contributed by atoms with Crippen LogP contribution in [0.5, 0.6) is 0 Å². The van der Waals surface area contributed by atoms with Crippen LogP contribution in [0.2, 0.25) is 0 Å². The first-order valence-corrected chi connectivity index (χ1v) is 7.27. The summed E-state index contributed by atoms with van der Waals surface area (Å²) in [5.74, 6) is 0. The van der Waals surface area contributed by atoms with Gasteiger partial charge in [0.1, 0.15) is 0 Å². The number of benzene rings is 2. The third-order valence-corrected chi connectivity index (χ3v) is 4.24. The van der Waals surface area contributed by atoms with E-state index in [2.05, 4.69) is 87.2 Å². The monoisotopic (exact) mass is 401 g/mol. The molecule has 17 heavy (non-hydrogen) atoms. The predicted molar refractivity (Wildman–Crippen MR) is 85.4 cm³/mol. The molecule has 0 fully saturated rings. The van der Waals surface area contributed by atoms with E-state index in [-0.39, 0.29) is 0 Å². The fourth-order valence-corrected chi connectivity index (χ4v) is 2.32. The second-order valence-electron chi connectivity index (χ2n) is 3.89. The second kappa shape index (κ2) is 5.87. The van der Waals surface area contributed by atoms with Gasteiger partial charge in [-0.15, -0.1) is 0 Å². The second-order valence-corrected chi connectivity index (χ2v) is 5.99. The lowest BCUT2D eigenvalue weighted by molar-refractivity contribution is 1.14. The highest BCUT2D eigenvalue weighted by molar-refractivity contribution is 14.1. The van der Waals surface area contributed by atoms with Gasteiger partial charge in [0, 0.05) is 20.3 Å². The fraction of sp³-hybridized carbons (Fsp3) is 0.143. The zero-order valence-electron chi connectivity index (χ0n) is 9.50. The van der Waals surface area contributed by atoms with Crippen LogP contribution in [0.1, 0.15) is 11.1 Å². The molecule has 3 heteroatoms. The van der Waals surface area contributed by atoms with Crippen molar-refractivity contribution in [3.8, 4) is 0 Å². The van der Waals surface area contributed by atoms with Gasteiger partial charge in [-0.1, -0.05) is 34.1 Å². The van der Waals surface area contributed by atoms with Gasteiger partial charge < -0.3 is 5.32 Å². The van der Waals surface area contributed by atoms with E-state index in [9.17, 15) is 0 Å². The minimum absolute atomic E-state index is 0.855. The highest BCUT2D eigenvalue weighted by Crippen LogP contribution is 2.23. The third kappa shape index (κ3) is 3.45. The molecule has 0 unspecified atom stereocenters. The lowest BCUT2D eigenvalue weighted by Crippen LogP contribution is -2.01. The predicted octanol–water partition coefficient (Wildman–Crippen LogP) is 4.97. The van der Waals surface area contributed by atoms with E-state index in [0.717, 1.165) is 11.0 Å². The zero-order chi connectivity index (χ0) is 12.3. The van der Waals surface area contributed by atoms with Gasteiger partial charge in [0.2, 0.25) is 0 Å². The van der Waals surface area contributed by atoms with E-state index in [4.69, 9.17) is 0 Å². The topological polar surface area (TPSA) is 12.0 Å². The number of hydrogen-bond acceptors (Lipinski definition) is 1. The van der Waals surface area contributed by atoms with Crippen molar-refractivity contribution in [2.45, 2.75) is 13.5 Å². The normalized spacial score (nSPS) is 10.3. The minimum atomic E-state index is 0.855. The van der Waals surface area contributed by atoms with Crippen LogP contribution in [0.25, 0.3) is 0 Å². The van der Waals surface area contributed by atoms with Crippen LogP contribution in [-0.2, 0) is 6.54 Å². The Morgan fingerprint density at radius 1 is 1.12 bits per heavy atom. The molecule has 0 amide bonds. The molecule has 0 spiro atoms. The molecular weight excluding hydrogens is 389 g/mol. The summed E-state index contributed by atoms with van der Waals surface area (Å²) in [6.07, 6.45) is 0. The van der Waals surface area contributed by atoms with Crippen molar-refractivity contribution in [1.29, 1.82) is 0 Å². The first kappa shape index (κ1) is 12.9. The molecule has 0 aliphatic rings. The van der Waals surface area contributed by atoms with Crippen LogP contribution in [-0.4, -0.2) is 0 Å². The van der Waals surface area contributed by atoms with Gasteiger partial charge in [-0.2, -0.15) is 0 Å². The fourth-order valence-electron chi connectivity index (χ4n) is 1.60. The van der Waals surface area contributed by atoms with Gasteiger partial charge in [0.25, 0.3) is 0 Å². The molecule has 2 aromatic rings. The quantitative estimate of drug-likeness (QED) is 0.715. The molecule has 0 saturated carbocycles. The average molecular weight is 402 g/mol. The highest BCUT2D eigenvalue weighted by Gasteiger charge is 2.01. The molecule has 2 rings (SSSR count). The number of halogens is 2. The highest BCUT2D eigenvalue weighted by atomic mass is 127. The van der Waals surface area contributed by atoms with Crippen LogP contribution in [0.4, 0.5) is 5.69 Å². The Kier molecular flexibility index (Phi) is 4.45. The molecular formula is C14H13BrIN. The molecule has 0 aliphatic carbocycles. The van der Waals surface area contributed by atoms with Crippen molar-refractivity contribution < 1.29 is 0 Å². The Hall–Kier alpha value is -0.550. The summed E-state index contributed by atoms with van der Waals surface area (Å²) in [5, 5.41) is 3.46. The van der Waals surface area contributed by atoms with Gasteiger partial charge in [0.15, 0.2) is 0 Å². The lowest BCUT2D eigenvalue weighted by Gasteiger charge is -2.10. The zero-order valence-corrected chi connectivity index (χ0v) is 13.2. The molecule has 1 nitrogen and oxygen atoms in total. The summed E-state index contributed by atoms with van der Waals surface area (Å²) >= 11 is 5.86. The first-order chi connectivity index (χ1) is 8.16. The van der Waals surface area contributed by atoms with Gasteiger partial charge in [-0.3, -0.25) is 0 Å². The maximum atomic E-state index is 3.54. The van der Waals surface area contributed by atoms with Crippen LogP contribution in [0.3, 0.4) is 0 Å². The van der Waals surface area contributed by atoms with E-state index < -0.39 is 0 Å². The summed E-state index contributed by atoms with van der Waals surface area (Å²) in [4.78, 5) is 0. The van der Waals surface area contributed by atoms with E-state index in [1.807, 2.05) is 6.07 Å².